The van der Waals surface area contributed by atoms with Crippen molar-refractivity contribution >= 4 is 28.4 Å². The topological polar surface area (TPSA) is 92.7 Å². The van der Waals surface area contributed by atoms with E-state index >= 15 is 0 Å². The van der Waals surface area contributed by atoms with E-state index < -0.39 is 0 Å². The first-order valence-corrected chi connectivity index (χ1v) is 11.4. The van der Waals surface area contributed by atoms with Crippen molar-refractivity contribution in [1.29, 1.82) is 0 Å². The molecule has 1 N–H and O–H groups in total. The lowest BCUT2D eigenvalue weighted by Crippen LogP contribution is -2.46. The van der Waals surface area contributed by atoms with Crippen molar-refractivity contribution in [2.24, 2.45) is 0 Å². The van der Waals surface area contributed by atoms with Gasteiger partial charge in [-0.3, -0.25) is 9.59 Å². The Kier molecular flexibility index (Phi) is 5.58. The fourth-order valence-electron chi connectivity index (χ4n) is 4.66. The maximum absolute atomic E-state index is 12.7. The molecule has 1 fully saturated rings. The summed E-state index contributed by atoms with van der Waals surface area (Å²) in [6.45, 7) is 5.24. The summed E-state index contributed by atoms with van der Waals surface area (Å²) in [6.07, 6.45) is 3.98. The fourth-order valence-corrected chi connectivity index (χ4v) is 4.66. The Labute approximate surface area is 191 Å². The van der Waals surface area contributed by atoms with Gasteiger partial charge < -0.3 is 14.6 Å². The molecule has 0 bridgehead atoms. The minimum absolute atomic E-state index is 0.0235. The van der Waals surface area contributed by atoms with Crippen LogP contribution in [0.25, 0.3) is 16.6 Å². The van der Waals surface area contributed by atoms with Crippen molar-refractivity contribution in [3.8, 4) is 0 Å². The van der Waals surface area contributed by atoms with E-state index in [2.05, 4.69) is 5.32 Å². The third-order valence-corrected chi connectivity index (χ3v) is 6.50. The van der Waals surface area contributed by atoms with Gasteiger partial charge in [-0.2, -0.15) is 5.10 Å². The van der Waals surface area contributed by atoms with Crippen molar-refractivity contribution in [2.45, 2.75) is 45.6 Å². The number of benzene rings is 1. The van der Waals surface area contributed by atoms with Gasteiger partial charge in [0, 0.05) is 42.3 Å². The monoisotopic (exact) mass is 445 g/mol. The van der Waals surface area contributed by atoms with E-state index in [1.54, 1.807) is 17.0 Å². The zero-order chi connectivity index (χ0) is 22.9. The molecule has 1 aromatic carbocycles. The Morgan fingerprint density at radius 2 is 1.91 bits per heavy atom. The number of amides is 2. The molecule has 1 aliphatic heterocycles. The summed E-state index contributed by atoms with van der Waals surface area (Å²) in [5, 5.41) is 8.86. The summed E-state index contributed by atoms with van der Waals surface area (Å²) >= 11 is 0. The Bertz CT molecular complexity index is 1320. The third-order valence-electron chi connectivity index (χ3n) is 6.50. The molecule has 170 valence electrons. The van der Waals surface area contributed by atoms with Gasteiger partial charge in [0.1, 0.15) is 0 Å². The number of fused-ring (bicyclic) bond motifs is 3. The van der Waals surface area contributed by atoms with Gasteiger partial charge in [-0.15, -0.1) is 0 Å². The van der Waals surface area contributed by atoms with Crippen molar-refractivity contribution < 1.29 is 14.0 Å². The maximum atomic E-state index is 12.7. The van der Waals surface area contributed by atoms with E-state index in [-0.39, 0.29) is 17.9 Å². The van der Waals surface area contributed by atoms with Gasteiger partial charge in [0.2, 0.25) is 5.91 Å². The normalized spacial score (nSPS) is 14.8. The molecule has 33 heavy (non-hydrogen) atoms. The number of rotatable bonds is 5. The van der Waals surface area contributed by atoms with Gasteiger partial charge in [0.05, 0.1) is 11.8 Å². The van der Waals surface area contributed by atoms with Crippen LogP contribution >= 0.6 is 0 Å². The quantitative estimate of drug-likeness (QED) is 0.508. The SMILES string of the molecule is Cc1nc2c3ccccc3nn2c(C)c1CCC(=O)NC1CCN(C(=O)c2ccco2)CC1. The van der Waals surface area contributed by atoms with Crippen LogP contribution in [0.5, 0.6) is 0 Å². The van der Waals surface area contributed by atoms with Crippen LogP contribution in [-0.4, -0.2) is 50.4 Å². The highest BCUT2D eigenvalue weighted by Crippen LogP contribution is 2.23. The molecule has 0 radical (unpaired) electrons. The minimum Gasteiger partial charge on any atom is -0.459 e. The fraction of sp³-hybridized carbons (Fsp3) is 0.360. The van der Waals surface area contributed by atoms with Crippen LogP contribution in [0.1, 0.15) is 46.8 Å². The smallest absolute Gasteiger partial charge is 0.289 e. The first-order chi connectivity index (χ1) is 16.0. The predicted molar refractivity (Wildman–Crippen MR) is 124 cm³/mol. The molecule has 0 saturated carbocycles. The van der Waals surface area contributed by atoms with Gasteiger partial charge in [-0.05, 0) is 62.9 Å². The zero-order valence-corrected chi connectivity index (χ0v) is 18.9. The van der Waals surface area contributed by atoms with Crippen molar-refractivity contribution in [3.05, 3.63) is 65.4 Å². The Morgan fingerprint density at radius 3 is 2.67 bits per heavy atom. The predicted octanol–water partition coefficient (Wildman–Crippen LogP) is 3.45. The third kappa shape index (κ3) is 4.08. The second-order valence-corrected chi connectivity index (χ2v) is 8.63. The molecule has 0 aliphatic carbocycles. The van der Waals surface area contributed by atoms with E-state index in [9.17, 15) is 9.59 Å². The highest BCUT2D eigenvalue weighted by Gasteiger charge is 2.26. The number of carbonyl (C=O) groups is 2. The maximum Gasteiger partial charge on any atom is 0.289 e. The summed E-state index contributed by atoms with van der Waals surface area (Å²) in [5.74, 6) is 0.291. The van der Waals surface area contributed by atoms with Crippen LogP contribution in [-0.2, 0) is 11.2 Å². The van der Waals surface area contributed by atoms with E-state index in [0.717, 1.165) is 46.3 Å². The number of nitrogens with one attached hydrogen (secondary N) is 1. The Balaban J connectivity index is 1.19. The van der Waals surface area contributed by atoms with Crippen LogP contribution in [0.15, 0.2) is 47.1 Å². The molecule has 1 saturated heterocycles. The lowest BCUT2D eigenvalue weighted by Gasteiger charge is -2.32. The molecular formula is C25H27N5O3. The summed E-state index contributed by atoms with van der Waals surface area (Å²) < 4.78 is 7.09. The summed E-state index contributed by atoms with van der Waals surface area (Å²) in [5.41, 5.74) is 4.78. The molecule has 4 heterocycles. The first-order valence-electron chi connectivity index (χ1n) is 11.4. The van der Waals surface area contributed by atoms with Gasteiger partial charge >= 0.3 is 0 Å². The van der Waals surface area contributed by atoms with Crippen LogP contribution in [0, 0.1) is 13.8 Å². The largest absolute Gasteiger partial charge is 0.459 e. The minimum atomic E-state index is -0.0927. The summed E-state index contributed by atoms with van der Waals surface area (Å²) in [4.78, 5) is 31.6. The van der Waals surface area contributed by atoms with Gasteiger partial charge in [-0.25, -0.2) is 9.50 Å². The molecule has 2 amide bonds. The average molecular weight is 446 g/mol. The number of aromatic nitrogens is 3. The highest BCUT2D eigenvalue weighted by atomic mass is 16.3. The molecule has 0 atom stereocenters. The lowest BCUT2D eigenvalue weighted by atomic mass is 10.0. The number of furan rings is 1. The van der Waals surface area contributed by atoms with Crippen molar-refractivity contribution in [1.82, 2.24) is 24.8 Å². The standard InChI is InChI=1S/C25H27N5O3/c1-16-19(17(2)30-24(26-16)20-6-3-4-7-21(20)28-30)9-10-23(31)27-18-11-13-29(14-12-18)25(32)22-8-5-15-33-22/h3-8,15,18H,9-14H2,1-2H3,(H,27,31). The molecular weight excluding hydrogens is 418 g/mol. The highest BCUT2D eigenvalue weighted by molar-refractivity contribution is 5.92. The van der Waals surface area contributed by atoms with E-state index in [4.69, 9.17) is 14.5 Å². The lowest BCUT2D eigenvalue weighted by molar-refractivity contribution is -0.122. The molecule has 3 aromatic heterocycles. The summed E-state index contributed by atoms with van der Waals surface area (Å²) in [6, 6.07) is 11.5. The van der Waals surface area contributed by atoms with Gasteiger partial charge in [-0.1, -0.05) is 12.1 Å². The Hall–Kier alpha value is -3.68. The van der Waals surface area contributed by atoms with Gasteiger partial charge in [0.25, 0.3) is 5.91 Å². The second-order valence-electron chi connectivity index (χ2n) is 8.63. The number of likely N-dealkylation sites (tertiary alicyclic amines) is 1. The van der Waals surface area contributed by atoms with E-state index in [1.807, 2.05) is 42.6 Å². The number of piperidine rings is 1. The zero-order valence-electron chi connectivity index (χ0n) is 18.9. The number of aryl methyl sites for hydroxylation is 2. The van der Waals surface area contributed by atoms with Gasteiger partial charge in [0.15, 0.2) is 11.4 Å². The van der Waals surface area contributed by atoms with Crippen LogP contribution in [0.3, 0.4) is 0 Å². The molecule has 8 heteroatoms. The van der Waals surface area contributed by atoms with Crippen molar-refractivity contribution in [3.63, 3.8) is 0 Å². The molecule has 8 nitrogen and oxygen atoms in total. The number of carbonyl (C=O) groups excluding carboxylic acids is 2. The van der Waals surface area contributed by atoms with Crippen LogP contribution in [0.4, 0.5) is 0 Å². The average Bonchev–Trinajstić information content (AvgIpc) is 3.48. The molecule has 0 spiro atoms. The number of hydrogen-bond donors (Lipinski definition) is 1. The number of nitrogens with zero attached hydrogens (tertiary/aromatic N) is 4. The van der Waals surface area contributed by atoms with Crippen LogP contribution in [0.2, 0.25) is 0 Å². The van der Waals surface area contributed by atoms with E-state index in [1.165, 1.54) is 6.26 Å². The molecule has 5 rings (SSSR count). The molecule has 0 unspecified atom stereocenters. The van der Waals surface area contributed by atoms with Crippen LogP contribution < -0.4 is 5.32 Å². The molecule has 1 aliphatic rings. The Morgan fingerprint density at radius 1 is 1.12 bits per heavy atom. The van der Waals surface area contributed by atoms with Crippen molar-refractivity contribution in [2.75, 3.05) is 13.1 Å². The summed E-state index contributed by atoms with van der Waals surface area (Å²) in [7, 11) is 0. The number of hydrogen-bond acceptors (Lipinski definition) is 5. The van der Waals surface area contributed by atoms with E-state index in [0.29, 0.717) is 31.7 Å². The second kappa shape index (κ2) is 8.69. The first kappa shape index (κ1) is 21.2. The molecule has 4 aromatic rings.